The van der Waals surface area contributed by atoms with Gasteiger partial charge in [0.1, 0.15) is 0 Å². The Balaban J connectivity index is 2.27. The SMILES string of the molecule is NCCCNC1(CC(=O)O)CNC1. The smallest absolute Gasteiger partial charge is 0.305 e. The van der Waals surface area contributed by atoms with Gasteiger partial charge in [0, 0.05) is 13.1 Å². The van der Waals surface area contributed by atoms with E-state index >= 15 is 0 Å². The number of rotatable bonds is 6. The Bertz CT molecular complexity index is 180. The van der Waals surface area contributed by atoms with E-state index in [1.54, 1.807) is 0 Å². The summed E-state index contributed by atoms with van der Waals surface area (Å²) in [6.07, 6.45) is 1.08. The van der Waals surface area contributed by atoms with E-state index in [0.717, 1.165) is 26.1 Å². The van der Waals surface area contributed by atoms with Crippen molar-refractivity contribution in [2.75, 3.05) is 26.2 Å². The van der Waals surface area contributed by atoms with E-state index in [1.807, 2.05) is 0 Å². The monoisotopic (exact) mass is 187 g/mol. The largest absolute Gasteiger partial charge is 0.481 e. The first-order valence-electron chi connectivity index (χ1n) is 4.56. The molecule has 13 heavy (non-hydrogen) atoms. The first-order valence-corrected chi connectivity index (χ1v) is 4.56. The Morgan fingerprint density at radius 2 is 2.31 bits per heavy atom. The average Bonchev–Trinajstić information content (AvgIpc) is 1.99. The van der Waals surface area contributed by atoms with Gasteiger partial charge in [-0.1, -0.05) is 0 Å². The molecule has 0 atom stereocenters. The van der Waals surface area contributed by atoms with Crippen LogP contribution in [0.4, 0.5) is 0 Å². The molecular formula is C8H17N3O2. The molecule has 0 amide bonds. The summed E-state index contributed by atoms with van der Waals surface area (Å²) in [6, 6.07) is 0. The molecule has 1 heterocycles. The Morgan fingerprint density at radius 3 is 2.69 bits per heavy atom. The van der Waals surface area contributed by atoms with Gasteiger partial charge in [-0.25, -0.2) is 0 Å². The fraction of sp³-hybridized carbons (Fsp3) is 0.875. The first-order chi connectivity index (χ1) is 6.18. The maximum Gasteiger partial charge on any atom is 0.305 e. The summed E-state index contributed by atoms with van der Waals surface area (Å²) < 4.78 is 0. The van der Waals surface area contributed by atoms with E-state index in [4.69, 9.17) is 10.8 Å². The molecule has 0 saturated carbocycles. The van der Waals surface area contributed by atoms with Gasteiger partial charge in [-0.15, -0.1) is 0 Å². The molecule has 5 nitrogen and oxygen atoms in total. The van der Waals surface area contributed by atoms with Gasteiger partial charge in [0.2, 0.25) is 0 Å². The molecule has 1 fully saturated rings. The van der Waals surface area contributed by atoms with Gasteiger partial charge in [0.15, 0.2) is 0 Å². The molecule has 0 radical (unpaired) electrons. The molecule has 1 saturated heterocycles. The number of hydrogen-bond acceptors (Lipinski definition) is 4. The molecule has 0 aliphatic carbocycles. The summed E-state index contributed by atoms with van der Waals surface area (Å²) in [6.45, 7) is 2.92. The molecule has 76 valence electrons. The lowest BCUT2D eigenvalue weighted by Gasteiger charge is -2.42. The second kappa shape index (κ2) is 4.55. The Hall–Kier alpha value is -0.650. The van der Waals surface area contributed by atoms with Gasteiger partial charge >= 0.3 is 5.97 Å². The quantitative estimate of drug-likeness (QED) is 0.390. The first kappa shape index (κ1) is 10.4. The van der Waals surface area contributed by atoms with Gasteiger partial charge in [0.05, 0.1) is 12.0 Å². The molecule has 0 spiro atoms. The second-order valence-corrected chi connectivity index (χ2v) is 3.52. The fourth-order valence-corrected chi connectivity index (χ4v) is 1.48. The summed E-state index contributed by atoms with van der Waals surface area (Å²) in [5.74, 6) is -0.748. The maximum absolute atomic E-state index is 10.5. The van der Waals surface area contributed by atoms with Crippen molar-refractivity contribution in [2.45, 2.75) is 18.4 Å². The molecule has 1 rings (SSSR count). The minimum Gasteiger partial charge on any atom is -0.481 e. The minimum atomic E-state index is -0.748. The molecule has 0 bridgehead atoms. The molecule has 0 unspecified atom stereocenters. The lowest BCUT2D eigenvalue weighted by Crippen LogP contribution is -2.68. The topological polar surface area (TPSA) is 87.4 Å². The van der Waals surface area contributed by atoms with Crippen LogP contribution >= 0.6 is 0 Å². The van der Waals surface area contributed by atoms with Crippen molar-refractivity contribution in [3.8, 4) is 0 Å². The van der Waals surface area contributed by atoms with E-state index < -0.39 is 5.97 Å². The molecule has 5 N–H and O–H groups in total. The van der Waals surface area contributed by atoms with E-state index in [1.165, 1.54) is 0 Å². The fourth-order valence-electron chi connectivity index (χ4n) is 1.48. The van der Waals surface area contributed by atoms with Gasteiger partial charge < -0.3 is 21.5 Å². The number of nitrogens with two attached hydrogens (primary N) is 1. The van der Waals surface area contributed by atoms with Crippen molar-refractivity contribution in [2.24, 2.45) is 5.73 Å². The van der Waals surface area contributed by atoms with Gasteiger partial charge in [0.25, 0.3) is 0 Å². The van der Waals surface area contributed by atoms with Crippen LogP contribution in [0.5, 0.6) is 0 Å². The normalized spacial score (nSPS) is 19.5. The van der Waals surface area contributed by atoms with Crippen LogP contribution in [-0.4, -0.2) is 42.8 Å². The van der Waals surface area contributed by atoms with Crippen LogP contribution in [0, 0.1) is 0 Å². The predicted molar refractivity (Wildman–Crippen MR) is 49.5 cm³/mol. The lowest BCUT2D eigenvalue weighted by atomic mass is 9.88. The summed E-state index contributed by atoms with van der Waals surface area (Å²) in [7, 11) is 0. The summed E-state index contributed by atoms with van der Waals surface area (Å²) in [5.41, 5.74) is 5.13. The van der Waals surface area contributed by atoms with Crippen molar-refractivity contribution in [1.29, 1.82) is 0 Å². The van der Waals surface area contributed by atoms with Crippen molar-refractivity contribution in [3.63, 3.8) is 0 Å². The van der Waals surface area contributed by atoms with Crippen LogP contribution < -0.4 is 16.4 Å². The average molecular weight is 187 g/mol. The van der Waals surface area contributed by atoms with Crippen LogP contribution in [0.2, 0.25) is 0 Å². The van der Waals surface area contributed by atoms with Gasteiger partial charge in [-0.05, 0) is 19.5 Å². The Morgan fingerprint density at radius 1 is 1.62 bits per heavy atom. The number of aliphatic carboxylic acids is 1. The Kier molecular flexibility index (Phi) is 3.65. The van der Waals surface area contributed by atoms with Gasteiger partial charge in [-0.2, -0.15) is 0 Å². The molecule has 1 aliphatic rings. The van der Waals surface area contributed by atoms with E-state index in [2.05, 4.69) is 10.6 Å². The summed E-state index contributed by atoms with van der Waals surface area (Å²) in [4.78, 5) is 10.5. The van der Waals surface area contributed by atoms with Gasteiger partial charge in [-0.3, -0.25) is 4.79 Å². The molecule has 0 aromatic rings. The predicted octanol–water partition coefficient (Wildman–Crippen LogP) is -1.26. The molecular weight excluding hydrogens is 170 g/mol. The third-order valence-electron chi connectivity index (χ3n) is 2.30. The standard InChI is InChI=1S/C8H17N3O2/c9-2-1-3-11-8(4-7(12)13)5-10-6-8/h10-11H,1-6,9H2,(H,12,13). The lowest BCUT2D eigenvalue weighted by molar-refractivity contribution is -0.139. The molecule has 0 aromatic heterocycles. The molecule has 0 aromatic carbocycles. The third kappa shape index (κ3) is 2.95. The zero-order chi connectivity index (χ0) is 9.73. The zero-order valence-electron chi connectivity index (χ0n) is 7.68. The molecule has 1 aliphatic heterocycles. The van der Waals surface area contributed by atoms with Crippen LogP contribution in [0.3, 0.4) is 0 Å². The highest BCUT2D eigenvalue weighted by Crippen LogP contribution is 2.15. The number of carboxylic acid groups (broad SMARTS) is 1. The van der Waals surface area contributed by atoms with Crippen LogP contribution in [0.1, 0.15) is 12.8 Å². The van der Waals surface area contributed by atoms with Crippen LogP contribution in [-0.2, 0) is 4.79 Å². The highest BCUT2D eigenvalue weighted by molar-refractivity contribution is 5.68. The second-order valence-electron chi connectivity index (χ2n) is 3.52. The van der Waals surface area contributed by atoms with Crippen molar-refractivity contribution >= 4 is 5.97 Å². The maximum atomic E-state index is 10.5. The van der Waals surface area contributed by atoms with Crippen molar-refractivity contribution in [1.82, 2.24) is 10.6 Å². The third-order valence-corrected chi connectivity index (χ3v) is 2.30. The molecule has 5 heteroatoms. The summed E-state index contributed by atoms with van der Waals surface area (Å²) >= 11 is 0. The number of carboxylic acids is 1. The number of carbonyl (C=O) groups is 1. The van der Waals surface area contributed by atoms with E-state index in [0.29, 0.717) is 6.54 Å². The highest BCUT2D eigenvalue weighted by atomic mass is 16.4. The highest BCUT2D eigenvalue weighted by Gasteiger charge is 2.38. The summed E-state index contributed by atoms with van der Waals surface area (Å²) in [5, 5.41) is 15.0. The Labute approximate surface area is 77.7 Å². The zero-order valence-corrected chi connectivity index (χ0v) is 7.68. The van der Waals surface area contributed by atoms with E-state index in [9.17, 15) is 4.79 Å². The van der Waals surface area contributed by atoms with Crippen LogP contribution in [0.15, 0.2) is 0 Å². The number of nitrogens with one attached hydrogen (secondary N) is 2. The van der Waals surface area contributed by atoms with E-state index in [-0.39, 0.29) is 12.0 Å². The van der Waals surface area contributed by atoms with Crippen molar-refractivity contribution < 1.29 is 9.90 Å². The van der Waals surface area contributed by atoms with Crippen molar-refractivity contribution in [3.05, 3.63) is 0 Å². The number of hydrogen-bond donors (Lipinski definition) is 4. The minimum absolute atomic E-state index is 0.185. The van der Waals surface area contributed by atoms with Crippen LogP contribution in [0.25, 0.3) is 0 Å².